The molecule has 100 valence electrons. The van der Waals surface area contributed by atoms with Gasteiger partial charge in [0.2, 0.25) is 0 Å². The van der Waals surface area contributed by atoms with Gasteiger partial charge in [-0.15, -0.1) is 5.10 Å². The molecular formula is C13H9F2N5. The normalized spacial score (nSPS) is 10.7. The largest absolute Gasteiger partial charge is 0.399 e. The third-order valence-electron chi connectivity index (χ3n) is 2.72. The standard InChI is InChI=1S/C13H9F2N5/c14-9-1-3-12(4-2-9)20-13(17-18-19-20)8-5-10(15)7-11(16)6-8/h1-7H,16H2. The zero-order valence-corrected chi connectivity index (χ0v) is 10.2. The van der Waals surface area contributed by atoms with Crippen molar-refractivity contribution in [3.8, 4) is 17.1 Å². The van der Waals surface area contributed by atoms with Gasteiger partial charge in [-0.1, -0.05) is 0 Å². The zero-order valence-electron chi connectivity index (χ0n) is 10.2. The van der Waals surface area contributed by atoms with Gasteiger partial charge in [0.05, 0.1) is 5.69 Å². The highest BCUT2D eigenvalue weighted by Gasteiger charge is 2.12. The van der Waals surface area contributed by atoms with E-state index in [1.165, 1.54) is 41.1 Å². The monoisotopic (exact) mass is 273 g/mol. The SMILES string of the molecule is Nc1cc(F)cc(-c2nnnn2-c2ccc(F)cc2)c1. The summed E-state index contributed by atoms with van der Waals surface area (Å²) in [4.78, 5) is 0. The van der Waals surface area contributed by atoms with Crippen molar-refractivity contribution >= 4 is 5.69 Å². The summed E-state index contributed by atoms with van der Waals surface area (Å²) in [6.07, 6.45) is 0. The molecule has 0 aliphatic carbocycles. The predicted octanol–water partition coefficient (Wildman–Crippen LogP) is 2.19. The molecule has 0 unspecified atom stereocenters. The average molecular weight is 273 g/mol. The van der Waals surface area contributed by atoms with E-state index in [2.05, 4.69) is 15.5 Å². The molecule has 1 heterocycles. The van der Waals surface area contributed by atoms with Crippen molar-refractivity contribution in [2.45, 2.75) is 0 Å². The van der Waals surface area contributed by atoms with Gasteiger partial charge >= 0.3 is 0 Å². The molecule has 0 saturated heterocycles. The lowest BCUT2D eigenvalue weighted by Crippen LogP contribution is -2.00. The van der Waals surface area contributed by atoms with Crippen LogP contribution in [0, 0.1) is 11.6 Å². The highest BCUT2D eigenvalue weighted by Crippen LogP contribution is 2.22. The number of hydrogen-bond acceptors (Lipinski definition) is 4. The van der Waals surface area contributed by atoms with Gasteiger partial charge in [-0.05, 0) is 52.9 Å². The van der Waals surface area contributed by atoms with Gasteiger partial charge < -0.3 is 5.73 Å². The molecule has 0 atom stereocenters. The first-order valence-electron chi connectivity index (χ1n) is 5.74. The number of nitrogens with zero attached hydrogens (tertiary/aromatic N) is 4. The van der Waals surface area contributed by atoms with Crippen molar-refractivity contribution in [2.75, 3.05) is 5.73 Å². The lowest BCUT2D eigenvalue weighted by atomic mass is 10.2. The molecule has 0 saturated carbocycles. The number of benzene rings is 2. The molecule has 0 bridgehead atoms. The maximum Gasteiger partial charge on any atom is 0.187 e. The Labute approximate surface area is 112 Å². The Hall–Kier alpha value is -2.83. The fraction of sp³-hybridized carbons (Fsp3) is 0. The Morgan fingerprint density at radius 1 is 0.950 bits per heavy atom. The maximum absolute atomic E-state index is 13.4. The fourth-order valence-corrected chi connectivity index (χ4v) is 1.86. The van der Waals surface area contributed by atoms with E-state index in [-0.39, 0.29) is 11.5 Å². The van der Waals surface area contributed by atoms with Crippen LogP contribution in [0.2, 0.25) is 0 Å². The Morgan fingerprint density at radius 2 is 1.70 bits per heavy atom. The molecule has 7 heteroatoms. The van der Waals surface area contributed by atoms with Crippen LogP contribution in [0.1, 0.15) is 0 Å². The minimum absolute atomic E-state index is 0.272. The lowest BCUT2D eigenvalue weighted by Gasteiger charge is -2.05. The Morgan fingerprint density at radius 3 is 2.40 bits per heavy atom. The van der Waals surface area contributed by atoms with Crippen molar-refractivity contribution in [2.24, 2.45) is 0 Å². The van der Waals surface area contributed by atoms with Crippen LogP contribution >= 0.6 is 0 Å². The van der Waals surface area contributed by atoms with Gasteiger partial charge in [0.15, 0.2) is 5.82 Å². The van der Waals surface area contributed by atoms with Crippen molar-refractivity contribution in [1.82, 2.24) is 20.2 Å². The topological polar surface area (TPSA) is 69.6 Å². The summed E-state index contributed by atoms with van der Waals surface area (Å²) in [5, 5.41) is 11.2. The number of halogens is 2. The quantitative estimate of drug-likeness (QED) is 0.727. The van der Waals surface area contributed by atoms with E-state index in [9.17, 15) is 8.78 Å². The van der Waals surface area contributed by atoms with Crippen molar-refractivity contribution in [3.05, 3.63) is 54.1 Å². The highest BCUT2D eigenvalue weighted by molar-refractivity contribution is 5.62. The van der Waals surface area contributed by atoms with Gasteiger partial charge in [0.25, 0.3) is 0 Å². The number of nitrogens with two attached hydrogens (primary N) is 1. The van der Waals surface area contributed by atoms with E-state index < -0.39 is 5.82 Å². The van der Waals surface area contributed by atoms with Crippen LogP contribution in [0.5, 0.6) is 0 Å². The molecular weight excluding hydrogens is 264 g/mol. The lowest BCUT2D eigenvalue weighted by molar-refractivity contribution is 0.626. The Balaban J connectivity index is 2.12. The summed E-state index contributed by atoms with van der Waals surface area (Å²) < 4.78 is 27.7. The summed E-state index contributed by atoms with van der Waals surface area (Å²) in [5.41, 5.74) is 6.88. The average Bonchev–Trinajstić information content (AvgIpc) is 2.87. The fourth-order valence-electron chi connectivity index (χ4n) is 1.86. The molecule has 3 aromatic rings. The van der Waals surface area contributed by atoms with E-state index in [1.807, 2.05) is 0 Å². The Kier molecular flexibility index (Phi) is 2.86. The maximum atomic E-state index is 13.4. The number of anilines is 1. The van der Waals surface area contributed by atoms with Crippen LogP contribution in [-0.4, -0.2) is 20.2 Å². The first kappa shape index (κ1) is 12.2. The van der Waals surface area contributed by atoms with Gasteiger partial charge in [-0.2, -0.15) is 4.68 Å². The van der Waals surface area contributed by atoms with Crippen molar-refractivity contribution < 1.29 is 8.78 Å². The number of rotatable bonds is 2. The number of hydrogen-bond donors (Lipinski definition) is 1. The highest BCUT2D eigenvalue weighted by atomic mass is 19.1. The van der Waals surface area contributed by atoms with Gasteiger partial charge in [-0.3, -0.25) is 0 Å². The van der Waals surface area contributed by atoms with E-state index >= 15 is 0 Å². The second-order valence-corrected chi connectivity index (χ2v) is 4.16. The number of tetrazole rings is 1. The zero-order chi connectivity index (χ0) is 14.1. The molecule has 0 amide bonds. The molecule has 0 aliphatic rings. The Bertz CT molecular complexity index is 731. The smallest absolute Gasteiger partial charge is 0.187 e. The molecule has 0 fully saturated rings. The van der Waals surface area contributed by atoms with Gasteiger partial charge in [-0.25, -0.2) is 8.78 Å². The van der Waals surface area contributed by atoms with Gasteiger partial charge in [0.1, 0.15) is 11.6 Å². The summed E-state index contributed by atoms with van der Waals surface area (Å²) >= 11 is 0. The molecule has 2 aromatic carbocycles. The van der Waals surface area contributed by atoms with Crippen molar-refractivity contribution in [3.63, 3.8) is 0 Å². The van der Waals surface area contributed by atoms with Gasteiger partial charge in [0, 0.05) is 11.3 Å². The molecule has 0 aliphatic heterocycles. The molecule has 3 rings (SSSR count). The third kappa shape index (κ3) is 2.20. The van der Waals surface area contributed by atoms with Crippen LogP contribution in [0.25, 0.3) is 17.1 Å². The van der Waals surface area contributed by atoms with Crippen molar-refractivity contribution in [1.29, 1.82) is 0 Å². The molecule has 0 spiro atoms. The van der Waals surface area contributed by atoms with E-state index in [1.54, 1.807) is 6.07 Å². The summed E-state index contributed by atoms with van der Waals surface area (Å²) in [6, 6.07) is 9.68. The molecule has 2 N–H and O–H groups in total. The third-order valence-corrected chi connectivity index (χ3v) is 2.72. The summed E-state index contributed by atoms with van der Waals surface area (Å²) in [6.45, 7) is 0. The van der Waals surface area contributed by atoms with Crippen LogP contribution in [0.4, 0.5) is 14.5 Å². The van der Waals surface area contributed by atoms with E-state index in [0.29, 0.717) is 17.1 Å². The second kappa shape index (κ2) is 4.69. The van der Waals surface area contributed by atoms with Crippen LogP contribution < -0.4 is 5.73 Å². The number of nitrogen functional groups attached to an aromatic ring is 1. The minimum atomic E-state index is -0.478. The predicted molar refractivity (Wildman–Crippen MR) is 68.9 cm³/mol. The van der Waals surface area contributed by atoms with Crippen LogP contribution in [0.3, 0.4) is 0 Å². The summed E-state index contributed by atoms with van der Waals surface area (Å²) in [7, 11) is 0. The molecule has 5 nitrogen and oxygen atoms in total. The minimum Gasteiger partial charge on any atom is -0.399 e. The second-order valence-electron chi connectivity index (χ2n) is 4.16. The van der Waals surface area contributed by atoms with Crippen LogP contribution in [0.15, 0.2) is 42.5 Å². The first-order chi connectivity index (χ1) is 9.63. The number of aromatic nitrogens is 4. The van der Waals surface area contributed by atoms with E-state index in [0.717, 1.165) is 0 Å². The molecule has 20 heavy (non-hydrogen) atoms. The van der Waals surface area contributed by atoms with E-state index in [4.69, 9.17) is 5.73 Å². The van der Waals surface area contributed by atoms with Crippen LogP contribution in [-0.2, 0) is 0 Å². The first-order valence-corrected chi connectivity index (χ1v) is 5.74. The molecule has 1 aromatic heterocycles. The summed E-state index contributed by atoms with van der Waals surface area (Å²) in [5.74, 6) is -0.519. The molecule has 0 radical (unpaired) electrons.